The van der Waals surface area contributed by atoms with Crippen LogP contribution in [-0.2, 0) is 6.54 Å². The van der Waals surface area contributed by atoms with Gasteiger partial charge in [-0.3, -0.25) is 4.98 Å². The molecule has 2 N–H and O–H groups in total. The zero-order valence-corrected chi connectivity index (χ0v) is 15.3. The molecule has 6 nitrogen and oxygen atoms in total. The van der Waals surface area contributed by atoms with Gasteiger partial charge in [-0.05, 0) is 30.7 Å². The SMILES string of the molecule is N#Cc1ccc(Cn2c(N3CC[C@H](F)[C@H](N)C3)nc3c(Cl)cccc32)nc1. The van der Waals surface area contributed by atoms with Gasteiger partial charge >= 0.3 is 0 Å². The number of fused-ring (bicyclic) bond motifs is 1. The maximum absolute atomic E-state index is 13.8. The lowest BCUT2D eigenvalue weighted by molar-refractivity contribution is 0.243. The van der Waals surface area contributed by atoms with Gasteiger partial charge in [0.15, 0.2) is 0 Å². The number of alkyl halides is 1. The summed E-state index contributed by atoms with van der Waals surface area (Å²) >= 11 is 6.34. The fourth-order valence-electron chi connectivity index (χ4n) is 3.38. The Kier molecular flexibility index (Phi) is 4.68. The van der Waals surface area contributed by atoms with Gasteiger partial charge in [-0.2, -0.15) is 5.26 Å². The van der Waals surface area contributed by atoms with Crippen LogP contribution in [-0.4, -0.2) is 39.8 Å². The number of rotatable bonds is 3. The predicted octanol–water partition coefficient (Wildman–Crippen LogP) is 2.88. The molecule has 0 spiro atoms. The Balaban J connectivity index is 1.77. The van der Waals surface area contributed by atoms with Crippen LogP contribution in [0.3, 0.4) is 0 Å². The first-order chi connectivity index (χ1) is 13.1. The number of para-hydroxylation sites is 1. The summed E-state index contributed by atoms with van der Waals surface area (Å²) in [5.41, 5.74) is 8.81. The Morgan fingerprint density at radius 3 is 2.89 bits per heavy atom. The van der Waals surface area contributed by atoms with Gasteiger partial charge in [0.1, 0.15) is 17.8 Å². The third kappa shape index (κ3) is 3.34. The fourth-order valence-corrected chi connectivity index (χ4v) is 3.59. The number of benzene rings is 1. The molecule has 2 aromatic heterocycles. The molecule has 0 amide bonds. The van der Waals surface area contributed by atoms with Gasteiger partial charge in [0, 0.05) is 19.3 Å². The molecule has 8 heteroatoms. The number of imidazole rings is 1. The van der Waals surface area contributed by atoms with Crippen molar-refractivity contribution in [3.05, 3.63) is 52.8 Å². The van der Waals surface area contributed by atoms with Crippen molar-refractivity contribution in [1.82, 2.24) is 14.5 Å². The molecule has 4 rings (SSSR count). The number of aromatic nitrogens is 3. The molecule has 0 aliphatic carbocycles. The second-order valence-electron chi connectivity index (χ2n) is 6.67. The van der Waals surface area contributed by atoms with Crippen LogP contribution >= 0.6 is 11.6 Å². The predicted molar refractivity (Wildman–Crippen MR) is 102 cm³/mol. The van der Waals surface area contributed by atoms with Crippen LogP contribution in [0.5, 0.6) is 0 Å². The van der Waals surface area contributed by atoms with E-state index in [4.69, 9.17) is 27.6 Å². The highest BCUT2D eigenvalue weighted by atomic mass is 35.5. The molecule has 0 bridgehead atoms. The van der Waals surface area contributed by atoms with Gasteiger partial charge in [0.05, 0.1) is 34.4 Å². The number of nitrogens with two attached hydrogens (primary N) is 1. The van der Waals surface area contributed by atoms with E-state index in [1.807, 2.05) is 27.7 Å². The second-order valence-corrected chi connectivity index (χ2v) is 7.08. The number of nitriles is 1. The minimum Gasteiger partial charge on any atom is -0.340 e. The molecule has 138 valence electrons. The van der Waals surface area contributed by atoms with E-state index in [0.717, 1.165) is 11.2 Å². The lowest BCUT2D eigenvalue weighted by Crippen LogP contribution is -2.50. The Morgan fingerprint density at radius 2 is 2.19 bits per heavy atom. The molecule has 3 heterocycles. The van der Waals surface area contributed by atoms with E-state index in [1.165, 1.54) is 0 Å². The smallest absolute Gasteiger partial charge is 0.207 e. The third-order valence-corrected chi connectivity index (χ3v) is 5.14. The minimum absolute atomic E-state index is 0.368. The van der Waals surface area contributed by atoms with Crippen LogP contribution in [0.4, 0.5) is 10.3 Å². The van der Waals surface area contributed by atoms with Crippen molar-refractivity contribution in [1.29, 1.82) is 5.26 Å². The summed E-state index contributed by atoms with van der Waals surface area (Å²) in [5, 5.41) is 9.51. The van der Waals surface area contributed by atoms with Crippen LogP contribution in [0, 0.1) is 11.3 Å². The minimum atomic E-state index is -0.997. The van der Waals surface area contributed by atoms with Crippen molar-refractivity contribution in [3.63, 3.8) is 0 Å². The van der Waals surface area contributed by atoms with E-state index in [0.29, 0.717) is 48.1 Å². The highest BCUT2D eigenvalue weighted by Crippen LogP contribution is 2.30. The first-order valence-corrected chi connectivity index (χ1v) is 9.09. The van der Waals surface area contributed by atoms with E-state index in [2.05, 4.69) is 11.1 Å². The Morgan fingerprint density at radius 1 is 1.33 bits per heavy atom. The van der Waals surface area contributed by atoms with E-state index in [9.17, 15) is 4.39 Å². The molecule has 1 aliphatic heterocycles. The molecule has 0 saturated carbocycles. The second kappa shape index (κ2) is 7.14. The summed E-state index contributed by atoms with van der Waals surface area (Å²) in [7, 11) is 0. The van der Waals surface area contributed by atoms with Crippen LogP contribution < -0.4 is 10.6 Å². The molecule has 0 radical (unpaired) electrons. The molecule has 2 atom stereocenters. The molecule has 1 aromatic carbocycles. The first-order valence-electron chi connectivity index (χ1n) is 8.71. The number of nitrogens with zero attached hydrogens (tertiary/aromatic N) is 5. The zero-order chi connectivity index (χ0) is 19.0. The first kappa shape index (κ1) is 17.7. The monoisotopic (exact) mass is 384 g/mol. The fraction of sp³-hybridized carbons (Fsp3) is 0.316. The molecular weight excluding hydrogens is 367 g/mol. The van der Waals surface area contributed by atoms with Gasteiger partial charge < -0.3 is 15.2 Å². The maximum Gasteiger partial charge on any atom is 0.207 e. The van der Waals surface area contributed by atoms with Gasteiger partial charge in [-0.15, -0.1) is 0 Å². The quantitative estimate of drug-likeness (QED) is 0.750. The number of halogens is 2. The average molecular weight is 385 g/mol. The van der Waals surface area contributed by atoms with E-state index in [1.54, 1.807) is 18.3 Å². The van der Waals surface area contributed by atoms with Crippen molar-refractivity contribution >= 4 is 28.6 Å². The van der Waals surface area contributed by atoms with Crippen LogP contribution in [0.2, 0.25) is 5.02 Å². The zero-order valence-electron chi connectivity index (χ0n) is 14.5. The van der Waals surface area contributed by atoms with E-state index >= 15 is 0 Å². The van der Waals surface area contributed by atoms with Crippen LogP contribution in [0.1, 0.15) is 17.7 Å². The summed E-state index contributed by atoms with van der Waals surface area (Å²) in [4.78, 5) is 11.1. The summed E-state index contributed by atoms with van der Waals surface area (Å²) in [6.07, 6.45) is 0.918. The highest BCUT2D eigenvalue weighted by Gasteiger charge is 2.29. The number of anilines is 1. The summed E-state index contributed by atoms with van der Waals surface area (Å²) < 4.78 is 15.8. The van der Waals surface area contributed by atoms with Crippen molar-refractivity contribution in [3.8, 4) is 6.07 Å². The Hall–Kier alpha value is -2.69. The largest absolute Gasteiger partial charge is 0.340 e. The molecule has 3 aromatic rings. The van der Waals surface area contributed by atoms with Gasteiger partial charge in [-0.1, -0.05) is 17.7 Å². The van der Waals surface area contributed by atoms with Gasteiger partial charge in [0.2, 0.25) is 5.95 Å². The van der Waals surface area contributed by atoms with E-state index < -0.39 is 12.2 Å². The van der Waals surface area contributed by atoms with Crippen molar-refractivity contribution in [2.45, 2.75) is 25.2 Å². The Bertz CT molecular complexity index is 1010. The average Bonchev–Trinajstić information content (AvgIpc) is 3.04. The highest BCUT2D eigenvalue weighted by molar-refractivity contribution is 6.35. The topological polar surface area (TPSA) is 83.8 Å². The molecule has 1 saturated heterocycles. The standard InChI is InChI=1S/C19H18ClFN6/c20-14-2-1-3-17-18(14)25-19(26-7-6-15(21)16(23)11-26)27(17)10-13-5-4-12(8-22)9-24-13/h1-5,9,15-16H,6-7,10-11,23H2/t15-,16+/m0/s1. The molecule has 1 aliphatic rings. The van der Waals surface area contributed by atoms with Crippen molar-refractivity contribution in [2.24, 2.45) is 5.73 Å². The molecule has 1 fully saturated rings. The lowest BCUT2D eigenvalue weighted by Gasteiger charge is -2.34. The van der Waals surface area contributed by atoms with Crippen molar-refractivity contribution in [2.75, 3.05) is 18.0 Å². The Labute approximate surface area is 161 Å². The number of piperidine rings is 1. The van der Waals surface area contributed by atoms with Gasteiger partial charge in [-0.25, -0.2) is 9.37 Å². The summed E-state index contributed by atoms with van der Waals surface area (Å²) in [6, 6.07) is 10.7. The normalized spacial score (nSPS) is 20.0. The van der Waals surface area contributed by atoms with Crippen molar-refractivity contribution < 1.29 is 4.39 Å². The third-order valence-electron chi connectivity index (χ3n) is 4.84. The summed E-state index contributed by atoms with van der Waals surface area (Å²) in [6.45, 7) is 1.39. The molecule has 0 unspecified atom stereocenters. The number of hydrogen-bond donors (Lipinski definition) is 1. The lowest BCUT2D eigenvalue weighted by atomic mass is 10.1. The van der Waals surface area contributed by atoms with Crippen LogP contribution in [0.15, 0.2) is 36.5 Å². The van der Waals surface area contributed by atoms with E-state index in [-0.39, 0.29) is 0 Å². The number of pyridine rings is 1. The maximum atomic E-state index is 13.8. The van der Waals surface area contributed by atoms with Gasteiger partial charge in [0.25, 0.3) is 0 Å². The van der Waals surface area contributed by atoms with Crippen LogP contribution in [0.25, 0.3) is 11.0 Å². The molecule has 27 heavy (non-hydrogen) atoms. The molecular formula is C19H18ClFN6. The number of hydrogen-bond acceptors (Lipinski definition) is 5. The summed E-state index contributed by atoms with van der Waals surface area (Å²) in [5.74, 6) is 0.701.